The van der Waals surface area contributed by atoms with Crippen LogP contribution in [0.5, 0.6) is 0 Å². The lowest BCUT2D eigenvalue weighted by Crippen LogP contribution is -2.43. The van der Waals surface area contributed by atoms with E-state index in [1.165, 1.54) is 13.3 Å². The molecule has 1 amide bonds. The first-order chi connectivity index (χ1) is 6.93. The Kier molecular flexibility index (Phi) is 4.56. The average molecular weight is 251 g/mol. The fraction of sp³-hybridized carbons (Fsp3) is 0.778. The maximum atomic E-state index is 11.6. The van der Waals surface area contributed by atoms with Gasteiger partial charge in [0, 0.05) is 0 Å². The number of alkyl carbamates (subject to hydrolysis) is 1. The van der Waals surface area contributed by atoms with E-state index in [1.54, 1.807) is 20.8 Å². The average Bonchev–Trinajstić information content (AvgIpc) is 1.93. The predicted molar refractivity (Wildman–Crippen MR) is 60.2 cm³/mol. The molecule has 0 aliphatic carbocycles. The van der Waals surface area contributed by atoms with Crippen LogP contribution in [-0.2, 0) is 14.1 Å². The van der Waals surface area contributed by atoms with Crippen molar-refractivity contribution in [2.45, 2.75) is 32.2 Å². The third kappa shape index (κ3) is 5.75. The molecule has 0 heterocycles. The number of ether oxygens (including phenoxy) is 1. The molecular formula is C9H18NO5P. The van der Waals surface area contributed by atoms with E-state index in [1.807, 2.05) is 0 Å². The first kappa shape index (κ1) is 15.0. The molecule has 0 spiro atoms. The second-order valence-electron chi connectivity index (χ2n) is 4.82. The number of amides is 1. The van der Waals surface area contributed by atoms with Crippen molar-refractivity contribution in [2.75, 3.05) is 13.3 Å². The molecule has 2 N–H and O–H groups in total. The molecule has 0 fully saturated rings. The van der Waals surface area contributed by atoms with Crippen LogP contribution in [0.2, 0.25) is 0 Å². The molecule has 16 heavy (non-hydrogen) atoms. The fourth-order valence-electron chi connectivity index (χ4n) is 0.902. The molecule has 0 saturated heterocycles. The standard InChI is InChI=1S/C9H18NO5P/c1-9(2,3)15-8(13)10-6(7(11)12)16(4,5)14/h6H,1-5H3,(H,10,13)(H,11,12). The van der Waals surface area contributed by atoms with Gasteiger partial charge < -0.3 is 19.7 Å². The van der Waals surface area contributed by atoms with E-state index in [4.69, 9.17) is 9.84 Å². The summed E-state index contributed by atoms with van der Waals surface area (Å²) in [6.45, 7) is 7.55. The molecule has 0 aromatic heterocycles. The van der Waals surface area contributed by atoms with Crippen molar-refractivity contribution >= 4 is 19.2 Å². The van der Waals surface area contributed by atoms with Crippen LogP contribution in [-0.4, -0.2) is 41.9 Å². The minimum atomic E-state index is -2.96. The highest BCUT2D eigenvalue weighted by atomic mass is 31.2. The predicted octanol–water partition coefficient (Wildman–Crippen LogP) is 1.54. The molecule has 1 unspecified atom stereocenters. The highest BCUT2D eigenvalue weighted by Gasteiger charge is 2.33. The van der Waals surface area contributed by atoms with E-state index in [-0.39, 0.29) is 0 Å². The van der Waals surface area contributed by atoms with Crippen LogP contribution in [0.3, 0.4) is 0 Å². The first-order valence-corrected chi connectivity index (χ1v) is 7.37. The number of hydrogen-bond acceptors (Lipinski definition) is 4. The van der Waals surface area contributed by atoms with Crippen LogP contribution in [0, 0.1) is 0 Å². The lowest BCUT2D eigenvalue weighted by atomic mass is 10.2. The Hall–Kier alpha value is -1.03. The van der Waals surface area contributed by atoms with Crippen molar-refractivity contribution in [3.8, 4) is 0 Å². The van der Waals surface area contributed by atoms with Gasteiger partial charge in [0.15, 0.2) is 5.78 Å². The Labute approximate surface area is 94.7 Å². The number of rotatable bonds is 3. The van der Waals surface area contributed by atoms with Gasteiger partial charge in [-0.3, -0.25) is 0 Å². The second-order valence-corrected chi connectivity index (χ2v) is 8.21. The zero-order chi connectivity index (χ0) is 13.1. The molecule has 0 saturated carbocycles. The van der Waals surface area contributed by atoms with Gasteiger partial charge in [0.25, 0.3) is 0 Å². The zero-order valence-corrected chi connectivity index (χ0v) is 11.0. The first-order valence-electron chi connectivity index (χ1n) is 4.70. The van der Waals surface area contributed by atoms with Crippen molar-refractivity contribution in [1.82, 2.24) is 5.32 Å². The van der Waals surface area contributed by atoms with E-state index in [0.29, 0.717) is 0 Å². The normalized spacial score (nSPS) is 14.1. The number of carbonyl (C=O) groups excluding carboxylic acids is 1. The Morgan fingerprint density at radius 1 is 1.31 bits per heavy atom. The van der Waals surface area contributed by atoms with E-state index in [2.05, 4.69) is 5.32 Å². The Morgan fingerprint density at radius 3 is 2.00 bits per heavy atom. The Bertz CT molecular complexity index is 327. The van der Waals surface area contributed by atoms with Crippen LogP contribution in [0.15, 0.2) is 0 Å². The molecular weight excluding hydrogens is 233 g/mol. The quantitative estimate of drug-likeness (QED) is 0.742. The number of aliphatic carboxylic acids is 1. The van der Waals surface area contributed by atoms with Crippen LogP contribution in [0.4, 0.5) is 4.79 Å². The van der Waals surface area contributed by atoms with Crippen LogP contribution in [0.1, 0.15) is 20.8 Å². The number of nitrogens with one attached hydrogen (secondary N) is 1. The smallest absolute Gasteiger partial charge is 0.408 e. The Morgan fingerprint density at radius 2 is 1.75 bits per heavy atom. The van der Waals surface area contributed by atoms with Crippen molar-refractivity contribution in [3.63, 3.8) is 0 Å². The van der Waals surface area contributed by atoms with E-state index >= 15 is 0 Å². The summed E-state index contributed by atoms with van der Waals surface area (Å²) < 4.78 is 16.5. The topological polar surface area (TPSA) is 92.7 Å². The molecule has 0 aliphatic heterocycles. The minimum Gasteiger partial charge on any atom is -0.479 e. The van der Waals surface area contributed by atoms with Gasteiger partial charge in [-0.25, -0.2) is 9.59 Å². The summed E-state index contributed by atoms with van der Waals surface area (Å²) in [5, 5.41) is 10.9. The van der Waals surface area contributed by atoms with E-state index in [0.717, 1.165) is 0 Å². The number of carbonyl (C=O) groups is 2. The van der Waals surface area contributed by atoms with Crippen LogP contribution in [0.25, 0.3) is 0 Å². The zero-order valence-electron chi connectivity index (χ0n) is 10.1. The van der Waals surface area contributed by atoms with Gasteiger partial charge in [0.1, 0.15) is 12.7 Å². The molecule has 0 aliphatic rings. The van der Waals surface area contributed by atoms with Gasteiger partial charge in [0.05, 0.1) is 0 Å². The largest absolute Gasteiger partial charge is 0.479 e. The van der Waals surface area contributed by atoms with Gasteiger partial charge in [-0.05, 0) is 34.1 Å². The summed E-state index contributed by atoms with van der Waals surface area (Å²) in [5.41, 5.74) is -0.724. The maximum Gasteiger partial charge on any atom is 0.408 e. The monoisotopic (exact) mass is 251 g/mol. The molecule has 1 atom stereocenters. The molecule has 0 bridgehead atoms. The minimum absolute atomic E-state index is 0.724. The third-order valence-electron chi connectivity index (χ3n) is 1.51. The van der Waals surface area contributed by atoms with E-state index < -0.39 is 30.6 Å². The van der Waals surface area contributed by atoms with Crippen LogP contribution >= 0.6 is 7.14 Å². The Balaban J connectivity index is 4.62. The summed E-state index contributed by atoms with van der Waals surface area (Å²) in [5.74, 6) is -2.75. The molecule has 0 aromatic rings. The van der Waals surface area contributed by atoms with Crippen molar-refractivity contribution < 1.29 is 24.0 Å². The highest BCUT2D eigenvalue weighted by Crippen LogP contribution is 2.41. The molecule has 0 aromatic carbocycles. The third-order valence-corrected chi connectivity index (χ3v) is 3.10. The van der Waals surface area contributed by atoms with Crippen molar-refractivity contribution in [3.05, 3.63) is 0 Å². The molecule has 6 nitrogen and oxygen atoms in total. The van der Waals surface area contributed by atoms with Crippen LogP contribution < -0.4 is 5.32 Å². The number of hydrogen-bond donors (Lipinski definition) is 2. The lowest BCUT2D eigenvalue weighted by Gasteiger charge is -2.23. The highest BCUT2D eigenvalue weighted by molar-refractivity contribution is 7.64. The van der Waals surface area contributed by atoms with Gasteiger partial charge in [-0.1, -0.05) is 0 Å². The number of carboxylic acid groups (broad SMARTS) is 1. The molecule has 0 radical (unpaired) electrons. The van der Waals surface area contributed by atoms with Gasteiger partial charge in [-0.15, -0.1) is 0 Å². The summed E-state index contributed by atoms with van der Waals surface area (Å²) in [4.78, 5) is 22.1. The second kappa shape index (κ2) is 4.87. The SMILES string of the molecule is CC(C)(C)OC(=O)NC(C(=O)O)P(C)(C)=O. The summed E-state index contributed by atoms with van der Waals surface area (Å²) in [6.07, 6.45) is -0.885. The van der Waals surface area contributed by atoms with Crippen molar-refractivity contribution in [2.24, 2.45) is 0 Å². The molecule has 94 valence electrons. The van der Waals surface area contributed by atoms with Gasteiger partial charge >= 0.3 is 12.1 Å². The fourth-order valence-corrected chi connectivity index (χ4v) is 1.85. The van der Waals surface area contributed by atoms with Gasteiger partial charge in [-0.2, -0.15) is 0 Å². The summed E-state index contributed by atoms with van der Waals surface area (Å²) >= 11 is 0. The summed E-state index contributed by atoms with van der Waals surface area (Å²) in [7, 11) is -2.96. The number of carboxylic acids is 1. The van der Waals surface area contributed by atoms with Gasteiger partial charge in [0.2, 0.25) is 0 Å². The molecule has 0 rings (SSSR count). The maximum absolute atomic E-state index is 11.6. The van der Waals surface area contributed by atoms with E-state index in [9.17, 15) is 14.2 Å². The lowest BCUT2D eigenvalue weighted by molar-refractivity contribution is -0.137. The summed E-state index contributed by atoms with van der Waals surface area (Å²) in [6, 6.07) is 0. The molecule has 7 heteroatoms. The van der Waals surface area contributed by atoms with Crippen molar-refractivity contribution in [1.29, 1.82) is 0 Å².